The van der Waals surface area contributed by atoms with Gasteiger partial charge in [0.2, 0.25) is 0 Å². The van der Waals surface area contributed by atoms with Gasteiger partial charge in [0.25, 0.3) is 0 Å². The van der Waals surface area contributed by atoms with Gasteiger partial charge in [0.1, 0.15) is 0 Å². The molecule has 0 unspecified atom stereocenters. The Morgan fingerprint density at radius 2 is 1.40 bits per heavy atom. The molecule has 0 aliphatic heterocycles. The van der Waals surface area contributed by atoms with E-state index in [1.807, 2.05) is 0 Å². The van der Waals surface area contributed by atoms with Crippen molar-refractivity contribution >= 4 is 30.4 Å². The zero-order chi connectivity index (χ0) is 13.8. The average molecular weight is 390 g/mol. The third kappa shape index (κ3) is 2.98. The summed E-state index contributed by atoms with van der Waals surface area (Å²) in [6.45, 7) is 0. The second-order valence-corrected chi connectivity index (χ2v) is 7.80. The van der Waals surface area contributed by atoms with Gasteiger partial charge in [0.15, 0.2) is 0 Å². The predicted octanol–water partition coefficient (Wildman–Crippen LogP) is 5.02. The zero-order valence-electron chi connectivity index (χ0n) is 11.1. The van der Waals surface area contributed by atoms with Gasteiger partial charge in [-0.3, -0.25) is 0 Å². The SMILES string of the molecule is BrCCc1cc(-c2ccccc2)c(-c2ccccc2)[se]1. The molecule has 0 bridgehead atoms. The van der Waals surface area contributed by atoms with Crippen LogP contribution in [-0.4, -0.2) is 19.8 Å². The molecule has 0 saturated heterocycles. The van der Waals surface area contributed by atoms with E-state index in [0.29, 0.717) is 14.5 Å². The van der Waals surface area contributed by atoms with Crippen LogP contribution in [0.15, 0.2) is 66.7 Å². The molecule has 0 aliphatic rings. The Kier molecular flexibility index (Phi) is 4.57. The molecule has 0 amide bonds. The van der Waals surface area contributed by atoms with Crippen molar-refractivity contribution in [2.24, 2.45) is 0 Å². The standard InChI is InChI=1S/C18H15BrSe/c19-12-11-16-13-17(14-7-3-1-4-8-14)18(20-16)15-9-5-2-6-10-15/h1-10,13H,11-12H2. The Labute approximate surface area is 134 Å². The minimum atomic E-state index is 0.445. The number of alkyl halides is 1. The van der Waals surface area contributed by atoms with Crippen LogP contribution in [0.4, 0.5) is 0 Å². The molecule has 0 fully saturated rings. The van der Waals surface area contributed by atoms with Gasteiger partial charge in [-0.15, -0.1) is 0 Å². The summed E-state index contributed by atoms with van der Waals surface area (Å²) in [7, 11) is 0. The van der Waals surface area contributed by atoms with Gasteiger partial charge < -0.3 is 0 Å². The fraction of sp³-hybridized carbons (Fsp3) is 0.111. The van der Waals surface area contributed by atoms with Crippen LogP contribution in [-0.2, 0) is 6.42 Å². The monoisotopic (exact) mass is 390 g/mol. The number of hydrogen-bond donors (Lipinski definition) is 0. The van der Waals surface area contributed by atoms with Gasteiger partial charge in [0, 0.05) is 0 Å². The van der Waals surface area contributed by atoms with Crippen LogP contribution in [0.3, 0.4) is 0 Å². The first-order valence-electron chi connectivity index (χ1n) is 6.68. The fourth-order valence-corrected chi connectivity index (χ4v) is 5.80. The van der Waals surface area contributed by atoms with Crippen molar-refractivity contribution in [3.63, 3.8) is 0 Å². The van der Waals surface area contributed by atoms with Crippen molar-refractivity contribution in [2.75, 3.05) is 5.33 Å². The van der Waals surface area contributed by atoms with Crippen LogP contribution in [0.25, 0.3) is 21.1 Å². The third-order valence-electron chi connectivity index (χ3n) is 3.24. The van der Waals surface area contributed by atoms with Gasteiger partial charge in [-0.1, -0.05) is 0 Å². The van der Waals surface area contributed by atoms with Crippen LogP contribution >= 0.6 is 15.9 Å². The molecule has 2 heteroatoms. The molecule has 2 aromatic carbocycles. The van der Waals surface area contributed by atoms with Gasteiger partial charge in [-0.2, -0.15) is 0 Å². The summed E-state index contributed by atoms with van der Waals surface area (Å²) in [6, 6.07) is 23.9. The summed E-state index contributed by atoms with van der Waals surface area (Å²) in [6.07, 6.45) is 1.15. The van der Waals surface area contributed by atoms with Crippen LogP contribution in [0.2, 0.25) is 0 Å². The molecule has 3 aromatic rings. The van der Waals surface area contributed by atoms with Crippen LogP contribution in [0.5, 0.6) is 0 Å². The summed E-state index contributed by atoms with van der Waals surface area (Å²) in [4.78, 5) is 0. The van der Waals surface area contributed by atoms with Crippen molar-refractivity contribution in [1.82, 2.24) is 0 Å². The van der Waals surface area contributed by atoms with E-state index in [9.17, 15) is 0 Å². The molecule has 0 aliphatic carbocycles. The topological polar surface area (TPSA) is 0 Å². The van der Waals surface area contributed by atoms with Crippen molar-refractivity contribution in [1.29, 1.82) is 0 Å². The molecule has 100 valence electrons. The van der Waals surface area contributed by atoms with E-state index in [0.717, 1.165) is 11.8 Å². The van der Waals surface area contributed by atoms with Crippen LogP contribution < -0.4 is 0 Å². The second kappa shape index (κ2) is 6.58. The number of aryl methyl sites for hydroxylation is 1. The van der Waals surface area contributed by atoms with E-state index >= 15 is 0 Å². The van der Waals surface area contributed by atoms with E-state index in [2.05, 4.69) is 82.7 Å². The maximum atomic E-state index is 3.56. The van der Waals surface area contributed by atoms with Crippen molar-refractivity contribution in [3.05, 3.63) is 71.2 Å². The van der Waals surface area contributed by atoms with Gasteiger partial charge in [-0.25, -0.2) is 0 Å². The summed E-state index contributed by atoms with van der Waals surface area (Å²) in [5.74, 6) is 0. The summed E-state index contributed by atoms with van der Waals surface area (Å²) in [5.41, 5.74) is 4.11. The number of benzene rings is 2. The molecule has 0 atom stereocenters. The number of rotatable bonds is 4. The van der Waals surface area contributed by atoms with Crippen molar-refractivity contribution in [2.45, 2.75) is 6.42 Å². The van der Waals surface area contributed by atoms with E-state index in [4.69, 9.17) is 0 Å². The summed E-state index contributed by atoms with van der Waals surface area (Å²) < 4.78 is 3.09. The molecule has 0 saturated carbocycles. The molecule has 0 spiro atoms. The molecule has 0 radical (unpaired) electrons. The maximum absolute atomic E-state index is 3.56. The molecule has 0 N–H and O–H groups in total. The number of halogens is 1. The molecule has 20 heavy (non-hydrogen) atoms. The predicted molar refractivity (Wildman–Crippen MR) is 91.8 cm³/mol. The third-order valence-corrected chi connectivity index (χ3v) is 6.25. The van der Waals surface area contributed by atoms with Crippen molar-refractivity contribution < 1.29 is 0 Å². The minimum absolute atomic E-state index is 0.445. The molecule has 1 aromatic heterocycles. The second-order valence-electron chi connectivity index (χ2n) is 4.63. The van der Waals surface area contributed by atoms with Gasteiger partial charge in [-0.05, 0) is 0 Å². The molecular formula is C18H15BrSe. The van der Waals surface area contributed by atoms with Crippen LogP contribution in [0, 0.1) is 0 Å². The van der Waals surface area contributed by atoms with E-state index in [-0.39, 0.29) is 0 Å². The Bertz CT molecular complexity index is 614. The van der Waals surface area contributed by atoms with E-state index in [1.54, 1.807) is 4.44 Å². The normalized spacial score (nSPS) is 10.7. The Morgan fingerprint density at radius 1 is 0.800 bits per heavy atom. The molecular weight excluding hydrogens is 375 g/mol. The average Bonchev–Trinajstić information content (AvgIpc) is 2.93. The number of hydrogen-bond acceptors (Lipinski definition) is 0. The van der Waals surface area contributed by atoms with E-state index in [1.165, 1.54) is 21.1 Å². The quantitative estimate of drug-likeness (QED) is 0.434. The first kappa shape index (κ1) is 13.9. The molecule has 3 rings (SSSR count). The Morgan fingerprint density at radius 3 is 2.00 bits per heavy atom. The van der Waals surface area contributed by atoms with E-state index < -0.39 is 0 Å². The Hall–Kier alpha value is -1.08. The van der Waals surface area contributed by atoms with Gasteiger partial charge in [0.05, 0.1) is 0 Å². The van der Waals surface area contributed by atoms with Crippen molar-refractivity contribution in [3.8, 4) is 21.1 Å². The first-order valence-corrected chi connectivity index (χ1v) is 9.51. The molecule has 1 heterocycles. The fourth-order valence-electron chi connectivity index (χ4n) is 2.29. The summed E-state index contributed by atoms with van der Waals surface area (Å²) in [5, 5.41) is 1.05. The van der Waals surface area contributed by atoms with Gasteiger partial charge >= 0.3 is 134 Å². The Balaban J connectivity index is 2.13. The first-order chi connectivity index (χ1) is 9.88. The molecule has 0 nitrogen and oxygen atoms in total. The summed E-state index contributed by atoms with van der Waals surface area (Å²) >= 11 is 4.01. The van der Waals surface area contributed by atoms with Crippen LogP contribution in [0.1, 0.15) is 4.44 Å². The zero-order valence-corrected chi connectivity index (χ0v) is 14.4.